The number of halogens is 3. The van der Waals surface area contributed by atoms with Crippen LogP contribution in [0.5, 0.6) is 6.01 Å². The number of nitrogens with zero attached hydrogens (tertiary/aromatic N) is 5. The summed E-state index contributed by atoms with van der Waals surface area (Å²) in [6.07, 6.45) is 2.14. The summed E-state index contributed by atoms with van der Waals surface area (Å²) in [4.78, 5) is 17.8. The molecule has 1 atom stereocenters. The van der Waals surface area contributed by atoms with E-state index in [2.05, 4.69) is 32.1 Å². The topological polar surface area (TPSA) is 92.4 Å². The van der Waals surface area contributed by atoms with Gasteiger partial charge in [0.05, 0.1) is 15.2 Å². The van der Waals surface area contributed by atoms with Gasteiger partial charge in [-0.3, -0.25) is 0 Å². The molecule has 0 aliphatic carbocycles. The van der Waals surface area contributed by atoms with Crippen LogP contribution in [0.1, 0.15) is 12.8 Å². The molecule has 2 aromatic heterocycles. The molecular weight excluding hydrogens is 520 g/mol. The lowest BCUT2D eigenvalue weighted by molar-refractivity contribution is 0.188. The van der Waals surface area contributed by atoms with E-state index in [4.69, 9.17) is 27.1 Å². The van der Waals surface area contributed by atoms with Crippen molar-refractivity contribution in [1.29, 1.82) is 0 Å². The first-order valence-electron chi connectivity index (χ1n) is 12.2. The summed E-state index contributed by atoms with van der Waals surface area (Å²) in [5.41, 5.74) is 6.66. The van der Waals surface area contributed by atoms with Gasteiger partial charge in [-0.05, 0) is 44.6 Å². The average molecular weight is 546 g/mol. The molecule has 0 spiro atoms. The molecule has 2 aliphatic rings. The number of fused-ring (bicyclic) bond motifs is 2. The van der Waals surface area contributed by atoms with E-state index in [-0.39, 0.29) is 43.5 Å². The molecule has 4 heterocycles. The van der Waals surface area contributed by atoms with Crippen LogP contribution in [0.15, 0.2) is 18.2 Å². The number of piperazine rings is 1. The molecule has 0 radical (unpaired) electrons. The van der Waals surface area contributed by atoms with Gasteiger partial charge in [0, 0.05) is 48.7 Å². The average Bonchev–Trinajstić information content (AvgIpc) is 3.49. The molecule has 37 heavy (non-hydrogen) atoms. The van der Waals surface area contributed by atoms with Gasteiger partial charge in [0.1, 0.15) is 23.8 Å². The van der Waals surface area contributed by atoms with Crippen molar-refractivity contribution in [3.05, 3.63) is 34.9 Å². The van der Waals surface area contributed by atoms with Crippen molar-refractivity contribution in [2.45, 2.75) is 18.9 Å². The zero-order valence-electron chi connectivity index (χ0n) is 20.2. The number of rotatable bonds is 5. The van der Waals surface area contributed by atoms with Gasteiger partial charge in [0.25, 0.3) is 0 Å². The minimum absolute atomic E-state index is 0.0934. The zero-order chi connectivity index (χ0) is 25.7. The number of benzene rings is 2. The van der Waals surface area contributed by atoms with Crippen molar-refractivity contribution in [1.82, 2.24) is 25.2 Å². The second-order valence-corrected chi connectivity index (χ2v) is 10.9. The van der Waals surface area contributed by atoms with Crippen molar-refractivity contribution in [3.63, 3.8) is 0 Å². The van der Waals surface area contributed by atoms with E-state index < -0.39 is 11.6 Å². The summed E-state index contributed by atoms with van der Waals surface area (Å²) < 4.78 is 37.1. The Morgan fingerprint density at radius 1 is 1.16 bits per heavy atom. The molecule has 0 unspecified atom stereocenters. The number of nitrogen functional groups attached to an aromatic ring is 1. The fourth-order valence-electron chi connectivity index (χ4n) is 5.14. The van der Waals surface area contributed by atoms with Crippen LogP contribution < -0.4 is 20.7 Å². The summed E-state index contributed by atoms with van der Waals surface area (Å²) in [6.45, 7) is 4.40. The second kappa shape index (κ2) is 9.79. The maximum atomic E-state index is 16.4. The van der Waals surface area contributed by atoms with Gasteiger partial charge >= 0.3 is 6.01 Å². The number of hydrogen-bond acceptors (Lipinski definition) is 9. The number of nitrogens with one attached hydrogen (secondary N) is 1. The number of hydrogen-bond donors (Lipinski definition) is 2. The van der Waals surface area contributed by atoms with Gasteiger partial charge in [-0.1, -0.05) is 22.9 Å². The molecule has 2 fully saturated rings. The van der Waals surface area contributed by atoms with E-state index in [0.29, 0.717) is 36.5 Å². The molecule has 2 aromatic carbocycles. The summed E-state index contributed by atoms with van der Waals surface area (Å²) in [5.74, 6) is -0.527. The van der Waals surface area contributed by atoms with Crippen molar-refractivity contribution < 1.29 is 13.5 Å². The monoisotopic (exact) mass is 545 g/mol. The number of nitrogens with two attached hydrogens (primary N) is 1. The van der Waals surface area contributed by atoms with Crippen molar-refractivity contribution >= 4 is 55.0 Å². The SMILES string of the molecule is CN1CCC[C@H]1COc1nc(N2CCNCC2)c2cc(Cl)c(-c3ccc(F)c4sc(N)nc34)c(F)c2n1. The van der Waals surface area contributed by atoms with Gasteiger partial charge in [-0.2, -0.15) is 9.97 Å². The second-order valence-electron chi connectivity index (χ2n) is 9.42. The Morgan fingerprint density at radius 3 is 2.73 bits per heavy atom. The van der Waals surface area contributed by atoms with E-state index in [1.807, 2.05) is 0 Å². The van der Waals surface area contributed by atoms with E-state index in [0.717, 1.165) is 43.8 Å². The minimum Gasteiger partial charge on any atom is -0.462 e. The Balaban J connectivity index is 1.51. The lowest BCUT2D eigenvalue weighted by Gasteiger charge is -2.29. The van der Waals surface area contributed by atoms with Crippen molar-refractivity contribution in [3.8, 4) is 17.1 Å². The molecular formula is C25H26ClF2N7OS. The lowest BCUT2D eigenvalue weighted by Crippen LogP contribution is -2.44. The molecule has 0 amide bonds. The highest BCUT2D eigenvalue weighted by Gasteiger charge is 2.26. The largest absolute Gasteiger partial charge is 0.462 e. The maximum absolute atomic E-state index is 16.4. The highest BCUT2D eigenvalue weighted by Crippen LogP contribution is 2.42. The number of likely N-dealkylation sites (N-methyl/N-ethyl adjacent to an activating group) is 1. The Hall–Kier alpha value is -2.86. The molecule has 6 rings (SSSR count). The third-order valence-electron chi connectivity index (χ3n) is 7.12. The molecule has 0 bridgehead atoms. The quantitative estimate of drug-likeness (QED) is 0.383. The predicted octanol–water partition coefficient (Wildman–Crippen LogP) is 4.30. The number of aromatic nitrogens is 3. The molecule has 3 N–H and O–H groups in total. The maximum Gasteiger partial charge on any atom is 0.319 e. The van der Waals surface area contributed by atoms with Crippen molar-refractivity contribution in [2.24, 2.45) is 0 Å². The Kier molecular flexibility index (Phi) is 6.47. The van der Waals surface area contributed by atoms with Gasteiger partial charge in [0.2, 0.25) is 0 Å². The third kappa shape index (κ3) is 4.43. The van der Waals surface area contributed by atoms with E-state index in [1.165, 1.54) is 12.1 Å². The van der Waals surface area contributed by atoms with E-state index in [9.17, 15) is 4.39 Å². The Labute approximate surface area is 221 Å². The highest BCUT2D eigenvalue weighted by atomic mass is 35.5. The van der Waals surface area contributed by atoms with Crippen LogP contribution in [0.2, 0.25) is 5.02 Å². The molecule has 2 saturated heterocycles. The van der Waals surface area contributed by atoms with Gasteiger partial charge in [0.15, 0.2) is 10.9 Å². The first kappa shape index (κ1) is 24.5. The van der Waals surface area contributed by atoms with E-state index >= 15 is 4.39 Å². The Bertz CT molecular complexity index is 1490. The summed E-state index contributed by atoms with van der Waals surface area (Å²) in [7, 11) is 2.07. The third-order valence-corrected chi connectivity index (χ3v) is 8.31. The standard InChI is InChI=1S/C25H26ClF2N7OS/c1-34-8-2-3-13(34)12-36-25-32-20-15(23(33-25)35-9-6-30-7-10-35)11-16(26)18(19(20)28)14-4-5-17(27)22-21(14)31-24(29)37-22/h4-5,11,13,30H,2-3,6-10,12H2,1H3,(H2,29,31)/t13-/m0/s1. The predicted molar refractivity (Wildman–Crippen MR) is 144 cm³/mol. The molecule has 2 aliphatic heterocycles. The fraction of sp³-hybridized carbons (Fsp3) is 0.400. The fourth-order valence-corrected chi connectivity index (χ4v) is 6.20. The number of ether oxygens (including phenoxy) is 1. The van der Waals surface area contributed by atoms with Crippen LogP contribution in [-0.2, 0) is 0 Å². The number of anilines is 2. The molecule has 12 heteroatoms. The van der Waals surface area contributed by atoms with Crippen LogP contribution in [0.25, 0.3) is 32.2 Å². The van der Waals surface area contributed by atoms with Gasteiger partial charge < -0.3 is 25.6 Å². The van der Waals surface area contributed by atoms with Crippen LogP contribution in [0.4, 0.5) is 19.7 Å². The summed E-state index contributed by atoms with van der Waals surface area (Å²) in [6, 6.07) is 4.80. The molecule has 194 valence electrons. The first-order valence-corrected chi connectivity index (χ1v) is 13.4. The van der Waals surface area contributed by atoms with Gasteiger partial charge in [-0.25, -0.2) is 13.8 Å². The minimum atomic E-state index is -0.636. The molecule has 8 nitrogen and oxygen atoms in total. The van der Waals surface area contributed by atoms with Crippen LogP contribution in [0.3, 0.4) is 0 Å². The first-order chi connectivity index (χ1) is 17.9. The van der Waals surface area contributed by atoms with E-state index in [1.54, 1.807) is 6.07 Å². The van der Waals surface area contributed by atoms with Crippen molar-refractivity contribution in [2.75, 3.05) is 57.0 Å². The number of likely N-dealkylation sites (tertiary alicyclic amines) is 1. The highest BCUT2D eigenvalue weighted by molar-refractivity contribution is 7.22. The summed E-state index contributed by atoms with van der Waals surface area (Å²) in [5, 5.41) is 4.16. The number of thiazole rings is 1. The Morgan fingerprint density at radius 2 is 1.97 bits per heavy atom. The molecule has 0 saturated carbocycles. The van der Waals surface area contributed by atoms with Gasteiger partial charge in [-0.15, -0.1) is 0 Å². The lowest BCUT2D eigenvalue weighted by atomic mass is 10.0. The molecule has 4 aromatic rings. The summed E-state index contributed by atoms with van der Waals surface area (Å²) >= 11 is 7.70. The van der Waals surface area contributed by atoms with Crippen LogP contribution >= 0.6 is 22.9 Å². The smallest absolute Gasteiger partial charge is 0.319 e. The zero-order valence-corrected chi connectivity index (χ0v) is 21.8. The normalized spacial score (nSPS) is 18.8. The van der Waals surface area contributed by atoms with Crippen LogP contribution in [0, 0.1) is 11.6 Å². The van der Waals surface area contributed by atoms with Crippen LogP contribution in [-0.4, -0.2) is 72.3 Å².